The van der Waals surface area contributed by atoms with E-state index in [2.05, 4.69) is 4.72 Å². The van der Waals surface area contributed by atoms with Crippen LogP contribution in [0.3, 0.4) is 0 Å². The van der Waals surface area contributed by atoms with Gasteiger partial charge >= 0.3 is 0 Å². The molecule has 2 aliphatic heterocycles. The molecule has 3 rings (SSSR count). The van der Waals surface area contributed by atoms with Crippen molar-refractivity contribution in [2.24, 2.45) is 0 Å². The molecule has 0 saturated carbocycles. The molecular weight excluding hydrogens is 390 g/mol. The monoisotopic (exact) mass is 421 g/mol. The van der Waals surface area contributed by atoms with Crippen LogP contribution in [0.25, 0.3) is 0 Å². The van der Waals surface area contributed by atoms with Gasteiger partial charge in [0, 0.05) is 44.2 Å². The highest BCUT2D eigenvalue weighted by molar-refractivity contribution is 7.89. The van der Waals surface area contributed by atoms with Gasteiger partial charge in [0.05, 0.1) is 4.90 Å². The minimum Gasteiger partial charge on any atom is -0.343 e. The molecule has 7 nitrogen and oxygen atoms in total. The maximum atomic E-state index is 12.7. The molecule has 1 aromatic carbocycles. The average molecular weight is 422 g/mol. The van der Waals surface area contributed by atoms with Crippen molar-refractivity contribution < 1.29 is 18.0 Å². The number of carbonyl (C=O) groups excluding carboxylic acids is 2. The summed E-state index contributed by atoms with van der Waals surface area (Å²) in [7, 11) is -3.57. The molecule has 29 heavy (non-hydrogen) atoms. The van der Waals surface area contributed by atoms with Crippen molar-refractivity contribution in [1.29, 1.82) is 0 Å². The number of nitrogens with one attached hydrogen (secondary N) is 1. The van der Waals surface area contributed by atoms with Crippen LogP contribution >= 0.6 is 0 Å². The van der Waals surface area contributed by atoms with Crippen LogP contribution in [0, 0.1) is 0 Å². The number of nitrogens with zero attached hydrogens (tertiary/aromatic N) is 2. The Morgan fingerprint density at radius 1 is 1.07 bits per heavy atom. The van der Waals surface area contributed by atoms with Gasteiger partial charge in [-0.1, -0.05) is 6.92 Å². The highest BCUT2D eigenvalue weighted by Gasteiger charge is 2.28. The zero-order valence-electron chi connectivity index (χ0n) is 17.3. The van der Waals surface area contributed by atoms with Crippen LogP contribution in [-0.2, 0) is 26.0 Å². The molecule has 0 aliphatic carbocycles. The Labute approximate surface area is 173 Å². The summed E-state index contributed by atoms with van der Waals surface area (Å²) in [4.78, 5) is 28.8. The summed E-state index contributed by atoms with van der Waals surface area (Å²) in [5, 5.41) is 0. The van der Waals surface area contributed by atoms with Gasteiger partial charge in [-0.3, -0.25) is 9.59 Å². The molecule has 160 valence electrons. The molecule has 2 aliphatic rings. The normalized spacial score (nSPS) is 17.9. The Morgan fingerprint density at radius 2 is 1.76 bits per heavy atom. The van der Waals surface area contributed by atoms with E-state index in [0.717, 1.165) is 43.6 Å². The molecule has 1 unspecified atom stereocenters. The smallest absolute Gasteiger partial charge is 0.240 e. The lowest BCUT2D eigenvalue weighted by Crippen LogP contribution is -2.37. The molecule has 1 aromatic rings. The van der Waals surface area contributed by atoms with Gasteiger partial charge in [0.1, 0.15) is 0 Å². The van der Waals surface area contributed by atoms with E-state index in [1.807, 2.05) is 18.7 Å². The third kappa shape index (κ3) is 5.17. The van der Waals surface area contributed by atoms with Crippen molar-refractivity contribution in [3.63, 3.8) is 0 Å². The summed E-state index contributed by atoms with van der Waals surface area (Å²) in [6, 6.07) is 4.78. The van der Waals surface area contributed by atoms with E-state index in [0.29, 0.717) is 19.4 Å². The molecule has 2 amide bonds. The van der Waals surface area contributed by atoms with E-state index >= 15 is 0 Å². The molecule has 2 heterocycles. The summed E-state index contributed by atoms with van der Waals surface area (Å²) in [6.07, 6.45) is 4.99. The minimum atomic E-state index is -3.57. The number of fused-ring (bicyclic) bond motifs is 1. The van der Waals surface area contributed by atoms with E-state index < -0.39 is 10.0 Å². The summed E-state index contributed by atoms with van der Waals surface area (Å²) in [5.74, 6) is -0.0301. The minimum absolute atomic E-state index is 0.0510. The van der Waals surface area contributed by atoms with Gasteiger partial charge in [-0.2, -0.15) is 0 Å². The summed E-state index contributed by atoms with van der Waals surface area (Å²) >= 11 is 0. The maximum Gasteiger partial charge on any atom is 0.240 e. The lowest BCUT2D eigenvalue weighted by Gasteiger charge is -2.27. The standard InChI is InChI=1S/C21H31N3O4S/c1-3-16(2)22-29(27,28)18-7-8-19-17(15-18)11-14-24(19)21(26)10-9-20(25)23-12-5-4-6-13-23/h7-8,15-16,22H,3-6,9-14H2,1-2H3. The van der Waals surface area contributed by atoms with Crippen LogP contribution in [0.4, 0.5) is 5.69 Å². The zero-order valence-corrected chi connectivity index (χ0v) is 18.1. The number of amides is 2. The number of anilines is 1. The molecular formula is C21H31N3O4S. The predicted octanol–water partition coefficient (Wildman–Crippen LogP) is 2.45. The molecule has 1 saturated heterocycles. The van der Waals surface area contributed by atoms with Gasteiger partial charge in [-0.05, 0) is 62.8 Å². The Balaban J connectivity index is 1.63. The Bertz CT molecular complexity index is 863. The number of rotatable bonds is 7. The number of carbonyl (C=O) groups is 2. The van der Waals surface area contributed by atoms with Crippen molar-refractivity contribution >= 4 is 27.5 Å². The largest absolute Gasteiger partial charge is 0.343 e. The summed E-state index contributed by atoms with van der Waals surface area (Å²) < 4.78 is 27.7. The van der Waals surface area contributed by atoms with Crippen molar-refractivity contribution in [3.05, 3.63) is 23.8 Å². The first-order valence-corrected chi connectivity index (χ1v) is 12.0. The first kappa shape index (κ1) is 21.8. The van der Waals surface area contributed by atoms with Crippen molar-refractivity contribution in [2.75, 3.05) is 24.5 Å². The molecule has 0 spiro atoms. The Kier molecular flexibility index (Phi) is 6.95. The fourth-order valence-electron chi connectivity index (χ4n) is 3.87. The van der Waals surface area contributed by atoms with Crippen molar-refractivity contribution in [3.8, 4) is 0 Å². The van der Waals surface area contributed by atoms with Crippen LogP contribution in [-0.4, -0.2) is 50.8 Å². The quantitative estimate of drug-likeness (QED) is 0.733. The van der Waals surface area contributed by atoms with Crippen LogP contribution in [0.5, 0.6) is 0 Å². The van der Waals surface area contributed by atoms with Gasteiger partial charge in [0.25, 0.3) is 0 Å². The first-order chi connectivity index (χ1) is 13.8. The number of piperidine rings is 1. The maximum absolute atomic E-state index is 12.7. The third-order valence-electron chi connectivity index (χ3n) is 5.79. The SMILES string of the molecule is CCC(C)NS(=O)(=O)c1ccc2c(c1)CCN2C(=O)CCC(=O)N1CCCCC1. The van der Waals surface area contributed by atoms with Crippen molar-refractivity contribution in [2.45, 2.75) is 69.7 Å². The van der Waals surface area contributed by atoms with Gasteiger partial charge in [-0.25, -0.2) is 13.1 Å². The second-order valence-electron chi connectivity index (χ2n) is 7.96. The first-order valence-electron chi connectivity index (χ1n) is 10.5. The number of likely N-dealkylation sites (tertiary alicyclic amines) is 1. The topological polar surface area (TPSA) is 86.8 Å². The molecule has 0 radical (unpaired) electrons. The molecule has 0 aromatic heterocycles. The molecule has 8 heteroatoms. The van der Waals surface area contributed by atoms with Gasteiger partial charge in [0.2, 0.25) is 21.8 Å². The molecule has 0 bridgehead atoms. The van der Waals surface area contributed by atoms with Crippen LogP contribution in [0.15, 0.2) is 23.1 Å². The fourth-order valence-corrected chi connectivity index (χ4v) is 5.25. The van der Waals surface area contributed by atoms with Gasteiger partial charge < -0.3 is 9.80 Å². The average Bonchev–Trinajstić information content (AvgIpc) is 3.15. The third-order valence-corrected chi connectivity index (χ3v) is 7.38. The molecule has 1 fully saturated rings. The number of sulfonamides is 1. The lowest BCUT2D eigenvalue weighted by atomic mass is 10.1. The van der Waals surface area contributed by atoms with Crippen molar-refractivity contribution in [1.82, 2.24) is 9.62 Å². The fraction of sp³-hybridized carbons (Fsp3) is 0.619. The van der Waals surface area contributed by atoms with E-state index in [1.54, 1.807) is 23.1 Å². The van der Waals surface area contributed by atoms with Gasteiger partial charge in [0.15, 0.2) is 0 Å². The molecule has 1 atom stereocenters. The number of hydrogen-bond acceptors (Lipinski definition) is 4. The Morgan fingerprint density at radius 3 is 2.45 bits per heavy atom. The zero-order chi connectivity index (χ0) is 21.0. The second-order valence-corrected chi connectivity index (χ2v) is 9.67. The predicted molar refractivity (Wildman–Crippen MR) is 112 cm³/mol. The van der Waals surface area contributed by atoms with Gasteiger partial charge in [-0.15, -0.1) is 0 Å². The van der Waals surface area contributed by atoms with Crippen LogP contribution in [0.1, 0.15) is 57.9 Å². The van der Waals surface area contributed by atoms with E-state index in [-0.39, 0.29) is 35.6 Å². The second kappa shape index (κ2) is 9.26. The number of benzene rings is 1. The number of hydrogen-bond donors (Lipinski definition) is 1. The molecule has 1 N–H and O–H groups in total. The summed E-state index contributed by atoms with van der Waals surface area (Å²) in [5.41, 5.74) is 1.61. The summed E-state index contributed by atoms with van der Waals surface area (Å²) in [6.45, 7) is 5.86. The van der Waals surface area contributed by atoms with E-state index in [4.69, 9.17) is 0 Å². The van der Waals surface area contributed by atoms with Crippen LogP contribution < -0.4 is 9.62 Å². The van der Waals surface area contributed by atoms with E-state index in [9.17, 15) is 18.0 Å². The lowest BCUT2D eigenvalue weighted by molar-refractivity contribution is -0.133. The Hall–Kier alpha value is -1.93. The van der Waals surface area contributed by atoms with E-state index in [1.165, 1.54) is 0 Å². The highest BCUT2D eigenvalue weighted by atomic mass is 32.2. The van der Waals surface area contributed by atoms with Crippen LogP contribution in [0.2, 0.25) is 0 Å². The highest BCUT2D eigenvalue weighted by Crippen LogP contribution is 2.31.